The molecule has 8 heteroatoms. The highest BCUT2D eigenvalue weighted by molar-refractivity contribution is 7.09. The fourth-order valence-electron chi connectivity index (χ4n) is 1.63. The lowest BCUT2D eigenvalue weighted by molar-refractivity contribution is -0.136. The van der Waals surface area contributed by atoms with Gasteiger partial charge in [-0.25, -0.2) is 4.98 Å². The molecule has 1 heterocycles. The number of hydrogen-bond donors (Lipinski definition) is 2. The summed E-state index contributed by atoms with van der Waals surface area (Å²) in [6.07, 6.45) is -4.54. The summed E-state index contributed by atoms with van der Waals surface area (Å²) >= 11 is 1.19. The van der Waals surface area contributed by atoms with Crippen LogP contribution in [0.2, 0.25) is 0 Å². The van der Waals surface area contributed by atoms with Crippen molar-refractivity contribution in [1.82, 2.24) is 4.98 Å². The van der Waals surface area contributed by atoms with Crippen LogP contribution >= 0.6 is 11.3 Å². The molecule has 2 rings (SSSR count). The first kappa shape index (κ1) is 15.5. The first-order valence-corrected chi connectivity index (χ1v) is 6.85. The van der Waals surface area contributed by atoms with Crippen molar-refractivity contribution in [3.63, 3.8) is 0 Å². The van der Waals surface area contributed by atoms with E-state index in [0.717, 1.165) is 6.07 Å². The molecule has 1 atom stereocenters. The van der Waals surface area contributed by atoms with Crippen LogP contribution in [0.5, 0.6) is 0 Å². The van der Waals surface area contributed by atoms with E-state index < -0.39 is 17.6 Å². The minimum Gasteiger partial charge on any atom is -0.322 e. The van der Waals surface area contributed by atoms with Crippen LogP contribution in [-0.4, -0.2) is 10.9 Å². The van der Waals surface area contributed by atoms with E-state index in [1.807, 2.05) is 0 Å². The number of carbonyl (C=O) groups excluding carboxylic acids is 1. The number of amides is 1. The van der Waals surface area contributed by atoms with Gasteiger partial charge in [0, 0.05) is 5.38 Å². The molecule has 112 valence electrons. The van der Waals surface area contributed by atoms with Crippen LogP contribution in [0, 0.1) is 0 Å². The third-order valence-corrected chi connectivity index (χ3v) is 3.67. The molecule has 0 bridgehead atoms. The zero-order chi connectivity index (χ0) is 15.6. The summed E-state index contributed by atoms with van der Waals surface area (Å²) in [6, 6.07) is 4.44. The Labute approximate surface area is 122 Å². The average molecular weight is 315 g/mol. The number of carbonyl (C=O) groups is 1. The Balaban J connectivity index is 2.24. The van der Waals surface area contributed by atoms with E-state index in [4.69, 9.17) is 5.73 Å². The summed E-state index contributed by atoms with van der Waals surface area (Å²) in [5.74, 6) is -0.699. The number of hydrogen-bond acceptors (Lipinski definition) is 4. The quantitative estimate of drug-likeness (QED) is 0.912. The molecule has 1 unspecified atom stereocenters. The van der Waals surface area contributed by atoms with Crippen molar-refractivity contribution in [1.29, 1.82) is 0 Å². The van der Waals surface area contributed by atoms with E-state index in [1.54, 1.807) is 6.92 Å². The van der Waals surface area contributed by atoms with Crippen LogP contribution in [0.4, 0.5) is 18.9 Å². The van der Waals surface area contributed by atoms with E-state index in [9.17, 15) is 18.0 Å². The van der Waals surface area contributed by atoms with Crippen molar-refractivity contribution in [2.45, 2.75) is 19.1 Å². The Hall–Kier alpha value is -1.93. The normalized spacial score (nSPS) is 13.0. The molecule has 4 nitrogen and oxygen atoms in total. The zero-order valence-corrected chi connectivity index (χ0v) is 11.8. The molecule has 2 aromatic rings. The minimum absolute atomic E-state index is 0.0456. The van der Waals surface area contributed by atoms with E-state index in [0.29, 0.717) is 5.01 Å². The molecule has 0 radical (unpaired) electrons. The second-order valence-corrected chi connectivity index (χ2v) is 5.25. The number of para-hydroxylation sites is 1. The number of rotatable bonds is 3. The number of halogens is 3. The molecule has 0 aliphatic heterocycles. The molecular formula is C13H12F3N3OS. The summed E-state index contributed by atoms with van der Waals surface area (Å²) in [5.41, 5.74) is 4.47. The Morgan fingerprint density at radius 2 is 2.05 bits per heavy atom. The predicted octanol–water partition coefficient (Wildman–Crippen LogP) is 3.43. The van der Waals surface area contributed by atoms with Gasteiger partial charge in [0.25, 0.3) is 5.91 Å². The molecule has 0 saturated heterocycles. The van der Waals surface area contributed by atoms with Crippen molar-refractivity contribution in [2.75, 3.05) is 5.32 Å². The number of nitrogens with one attached hydrogen (secondary N) is 1. The molecular weight excluding hydrogens is 303 g/mol. The van der Waals surface area contributed by atoms with Crippen LogP contribution in [0.1, 0.15) is 34.0 Å². The number of nitrogens with two attached hydrogens (primary N) is 1. The molecule has 1 amide bonds. The van der Waals surface area contributed by atoms with Gasteiger partial charge in [0.1, 0.15) is 10.7 Å². The van der Waals surface area contributed by atoms with Crippen LogP contribution in [0.15, 0.2) is 29.6 Å². The zero-order valence-electron chi connectivity index (χ0n) is 10.9. The topological polar surface area (TPSA) is 68.0 Å². The summed E-state index contributed by atoms with van der Waals surface area (Å²) in [7, 11) is 0. The SMILES string of the molecule is CC(N)c1nc(C(=O)Nc2ccccc2C(F)(F)F)cs1. The molecule has 0 aliphatic rings. The molecule has 3 N–H and O–H groups in total. The fourth-order valence-corrected chi connectivity index (χ4v) is 2.38. The van der Waals surface area contributed by atoms with Crippen molar-refractivity contribution in [3.05, 3.63) is 45.9 Å². The number of aromatic nitrogens is 1. The Morgan fingerprint density at radius 1 is 1.38 bits per heavy atom. The minimum atomic E-state index is -4.54. The monoisotopic (exact) mass is 315 g/mol. The van der Waals surface area contributed by atoms with Gasteiger partial charge in [-0.1, -0.05) is 12.1 Å². The van der Waals surface area contributed by atoms with Gasteiger partial charge < -0.3 is 11.1 Å². The number of benzene rings is 1. The average Bonchev–Trinajstić information content (AvgIpc) is 2.88. The highest BCUT2D eigenvalue weighted by Crippen LogP contribution is 2.34. The molecule has 1 aromatic heterocycles. The van der Waals surface area contributed by atoms with Crippen molar-refractivity contribution in [2.24, 2.45) is 5.73 Å². The number of anilines is 1. The smallest absolute Gasteiger partial charge is 0.322 e. The lowest BCUT2D eigenvalue weighted by atomic mass is 10.1. The largest absolute Gasteiger partial charge is 0.418 e. The van der Waals surface area contributed by atoms with Gasteiger partial charge in [0.15, 0.2) is 0 Å². The molecule has 21 heavy (non-hydrogen) atoms. The Bertz CT molecular complexity index is 652. The first-order chi connectivity index (χ1) is 9.79. The maximum absolute atomic E-state index is 12.8. The van der Waals surface area contributed by atoms with Crippen molar-refractivity contribution in [3.8, 4) is 0 Å². The second kappa shape index (κ2) is 5.82. The van der Waals surface area contributed by atoms with Crippen LogP contribution in [0.25, 0.3) is 0 Å². The predicted molar refractivity (Wildman–Crippen MR) is 74.1 cm³/mol. The van der Waals surface area contributed by atoms with E-state index in [2.05, 4.69) is 10.3 Å². The van der Waals surface area contributed by atoms with Gasteiger partial charge in [0.2, 0.25) is 0 Å². The highest BCUT2D eigenvalue weighted by Gasteiger charge is 2.33. The van der Waals surface area contributed by atoms with Crippen LogP contribution in [-0.2, 0) is 6.18 Å². The lowest BCUT2D eigenvalue weighted by Crippen LogP contribution is -2.17. The van der Waals surface area contributed by atoms with E-state index in [-0.39, 0.29) is 17.4 Å². The molecule has 0 aliphatic carbocycles. The fraction of sp³-hybridized carbons (Fsp3) is 0.231. The maximum atomic E-state index is 12.8. The van der Waals surface area contributed by atoms with Gasteiger partial charge in [-0.15, -0.1) is 11.3 Å². The van der Waals surface area contributed by atoms with Crippen molar-refractivity contribution < 1.29 is 18.0 Å². The van der Waals surface area contributed by atoms with Crippen molar-refractivity contribution >= 4 is 22.9 Å². The molecule has 0 saturated carbocycles. The third-order valence-electron chi connectivity index (χ3n) is 2.62. The second-order valence-electron chi connectivity index (χ2n) is 4.36. The first-order valence-electron chi connectivity index (χ1n) is 5.97. The molecule has 1 aromatic carbocycles. The number of thiazole rings is 1. The third kappa shape index (κ3) is 3.59. The van der Waals surface area contributed by atoms with E-state index in [1.165, 1.54) is 34.9 Å². The number of nitrogens with zero attached hydrogens (tertiary/aromatic N) is 1. The maximum Gasteiger partial charge on any atom is 0.418 e. The van der Waals surface area contributed by atoms with Gasteiger partial charge >= 0.3 is 6.18 Å². The van der Waals surface area contributed by atoms with Crippen LogP contribution < -0.4 is 11.1 Å². The lowest BCUT2D eigenvalue weighted by Gasteiger charge is -2.12. The highest BCUT2D eigenvalue weighted by atomic mass is 32.1. The van der Waals surface area contributed by atoms with Gasteiger partial charge in [-0.3, -0.25) is 4.79 Å². The van der Waals surface area contributed by atoms with Gasteiger partial charge in [-0.05, 0) is 19.1 Å². The molecule has 0 spiro atoms. The summed E-state index contributed by atoms with van der Waals surface area (Å²) < 4.78 is 38.5. The van der Waals surface area contributed by atoms with Gasteiger partial charge in [-0.2, -0.15) is 13.2 Å². The Morgan fingerprint density at radius 3 is 2.62 bits per heavy atom. The summed E-state index contributed by atoms with van der Waals surface area (Å²) in [6.45, 7) is 1.71. The van der Waals surface area contributed by atoms with Crippen LogP contribution in [0.3, 0.4) is 0 Å². The summed E-state index contributed by atoms with van der Waals surface area (Å²) in [4.78, 5) is 16.0. The van der Waals surface area contributed by atoms with Gasteiger partial charge in [0.05, 0.1) is 17.3 Å². The standard InChI is InChI=1S/C13H12F3N3OS/c1-7(17)12-19-10(6-21-12)11(20)18-9-5-3-2-4-8(9)13(14,15)16/h2-7H,17H2,1H3,(H,18,20). The number of alkyl halides is 3. The Kier molecular flexibility index (Phi) is 4.29. The summed E-state index contributed by atoms with van der Waals surface area (Å²) in [5, 5.41) is 4.24. The van der Waals surface area contributed by atoms with E-state index >= 15 is 0 Å². The molecule has 0 fully saturated rings.